The molecule has 3 heterocycles. The smallest absolute Gasteiger partial charge is 0.270 e. The van der Waals surface area contributed by atoms with Crippen LogP contribution in [0.4, 0.5) is 4.39 Å². The molecule has 0 bridgehead atoms. The Morgan fingerprint density at radius 1 is 1.35 bits per heavy atom. The lowest BCUT2D eigenvalue weighted by molar-refractivity contribution is -0.144. The third kappa shape index (κ3) is 2.25. The van der Waals surface area contributed by atoms with Crippen molar-refractivity contribution in [3.05, 3.63) is 35.8 Å². The van der Waals surface area contributed by atoms with Crippen LogP contribution < -0.4 is 0 Å². The lowest BCUT2D eigenvalue weighted by atomic mass is 9.87. The number of nitrogens with zero attached hydrogens (tertiary/aromatic N) is 1. The highest BCUT2D eigenvalue weighted by Gasteiger charge is 2.46. The predicted octanol–water partition coefficient (Wildman–Crippen LogP) is 2.27. The fraction of sp³-hybridized carbons (Fsp3) is 0.412. The highest BCUT2D eigenvalue weighted by Crippen LogP contribution is 2.33. The minimum absolute atomic E-state index is 0.0307. The zero-order valence-electron chi connectivity index (χ0n) is 12.6. The molecule has 6 heteroatoms. The van der Waals surface area contributed by atoms with E-state index in [9.17, 15) is 14.0 Å². The molecule has 1 amide bonds. The maximum atomic E-state index is 13.7. The van der Waals surface area contributed by atoms with Crippen molar-refractivity contribution in [1.29, 1.82) is 0 Å². The number of nitrogens with one attached hydrogen (secondary N) is 1. The zero-order chi connectivity index (χ0) is 16.0. The van der Waals surface area contributed by atoms with Crippen LogP contribution in [0.25, 0.3) is 10.9 Å². The first-order valence-electron chi connectivity index (χ1n) is 7.83. The van der Waals surface area contributed by atoms with E-state index in [0.717, 1.165) is 12.8 Å². The fourth-order valence-corrected chi connectivity index (χ4v) is 3.54. The van der Waals surface area contributed by atoms with Gasteiger partial charge in [0.2, 0.25) is 0 Å². The Labute approximate surface area is 132 Å². The summed E-state index contributed by atoms with van der Waals surface area (Å²) in [6.07, 6.45) is 2.17. The summed E-state index contributed by atoms with van der Waals surface area (Å²) in [5, 5.41) is 0.646. The van der Waals surface area contributed by atoms with Crippen LogP contribution in [-0.4, -0.2) is 46.9 Å². The van der Waals surface area contributed by atoms with Crippen LogP contribution in [0.3, 0.4) is 0 Å². The van der Waals surface area contributed by atoms with Gasteiger partial charge in [0.05, 0.1) is 12.1 Å². The second kappa shape index (κ2) is 5.16. The SMILES string of the molecule is O=C(c1cc2cccc(F)c2[nH]1)N1CC[C@@]2(CCCO2)C(=O)C1. The summed E-state index contributed by atoms with van der Waals surface area (Å²) in [6.45, 7) is 1.14. The maximum absolute atomic E-state index is 13.7. The van der Waals surface area contributed by atoms with Crippen LogP contribution in [-0.2, 0) is 9.53 Å². The van der Waals surface area contributed by atoms with E-state index in [1.165, 1.54) is 11.0 Å². The molecule has 1 N–H and O–H groups in total. The number of carbonyl (C=O) groups excluding carboxylic acids is 2. The van der Waals surface area contributed by atoms with Gasteiger partial charge in [-0.15, -0.1) is 0 Å². The van der Waals surface area contributed by atoms with Crippen LogP contribution in [0.2, 0.25) is 0 Å². The summed E-state index contributed by atoms with van der Waals surface area (Å²) in [5.41, 5.74) is -0.0560. The first kappa shape index (κ1) is 14.4. The molecular formula is C17H17FN2O3. The van der Waals surface area contributed by atoms with Gasteiger partial charge < -0.3 is 14.6 Å². The van der Waals surface area contributed by atoms with Crippen LogP contribution in [0.5, 0.6) is 0 Å². The standard InChI is InChI=1S/C17H17FN2O3/c18-12-4-1-3-11-9-13(19-15(11)12)16(22)20-7-6-17(14(21)10-20)5-2-8-23-17/h1,3-4,9,19H,2,5-8,10H2/t17-/m0/s1. The summed E-state index contributed by atoms with van der Waals surface area (Å²) in [4.78, 5) is 29.4. The first-order chi connectivity index (χ1) is 11.1. The highest BCUT2D eigenvalue weighted by atomic mass is 19.1. The van der Waals surface area contributed by atoms with Gasteiger partial charge in [-0.1, -0.05) is 12.1 Å². The van der Waals surface area contributed by atoms with Gasteiger partial charge in [0.25, 0.3) is 5.91 Å². The van der Waals surface area contributed by atoms with Crippen molar-refractivity contribution in [2.45, 2.75) is 24.9 Å². The number of halogens is 1. The quantitative estimate of drug-likeness (QED) is 0.878. The van der Waals surface area contributed by atoms with Gasteiger partial charge in [-0.25, -0.2) is 4.39 Å². The molecule has 2 aliphatic heterocycles. The monoisotopic (exact) mass is 316 g/mol. The van der Waals surface area contributed by atoms with E-state index in [2.05, 4.69) is 4.98 Å². The Morgan fingerprint density at radius 2 is 2.22 bits per heavy atom. The van der Waals surface area contributed by atoms with Crippen molar-refractivity contribution in [2.24, 2.45) is 0 Å². The summed E-state index contributed by atoms with van der Waals surface area (Å²) in [5.74, 6) is -0.701. The number of hydrogen-bond donors (Lipinski definition) is 1. The zero-order valence-corrected chi connectivity index (χ0v) is 12.6. The molecule has 5 nitrogen and oxygen atoms in total. The number of amides is 1. The first-order valence-corrected chi connectivity index (χ1v) is 7.83. The Bertz CT molecular complexity index is 792. The molecule has 1 atom stereocenters. The van der Waals surface area contributed by atoms with Crippen molar-refractivity contribution in [3.63, 3.8) is 0 Å². The van der Waals surface area contributed by atoms with E-state index in [1.807, 2.05) is 0 Å². The number of ether oxygens (including phenoxy) is 1. The number of benzene rings is 1. The normalized spacial score (nSPS) is 24.7. The molecule has 0 unspecified atom stereocenters. The highest BCUT2D eigenvalue weighted by molar-refractivity contribution is 6.01. The van der Waals surface area contributed by atoms with E-state index < -0.39 is 11.4 Å². The second-order valence-electron chi connectivity index (χ2n) is 6.23. The minimum atomic E-state index is -0.677. The molecule has 2 fully saturated rings. The van der Waals surface area contributed by atoms with Crippen LogP contribution >= 0.6 is 0 Å². The van der Waals surface area contributed by atoms with Gasteiger partial charge >= 0.3 is 0 Å². The third-order valence-corrected chi connectivity index (χ3v) is 4.85. The number of Topliss-reactive ketones (excluding diaryl/α,β-unsaturated/α-hetero) is 1. The molecule has 1 aromatic carbocycles. The number of piperidine rings is 1. The number of para-hydroxylation sites is 1. The van der Waals surface area contributed by atoms with E-state index in [-0.39, 0.29) is 18.2 Å². The number of rotatable bonds is 1. The van der Waals surface area contributed by atoms with Gasteiger partial charge in [-0.3, -0.25) is 9.59 Å². The number of fused-ring (bicyclic) bond motifs is 1. The molecule has 120 valence electrons. The molecule has 1 spiro atoms. The largest absolute Gasteiger partial charge is 0.367 e. The number of ketones is 1. The summed E-state index contributed by atoms with van der Waals surface area (Å²) < 4.78 is 19.4. The van der Waals surface area contributed by atoms with Crippen molar-refractivity contribution in [3.8, 4) is 0 Å². The summed E-state index contributed by atoms with van der Waals surface area (Å²) in [6, 6.07) is 6.32. The third-order valence-electron chi connectivity index (χ3n) is 4.85. The fourth-order valence-electron chi connectivity index (χ4n) is 3.54. The van der Waals surface area contributed by atoms with Crippen molar-refractivity contribution < 1.29 is 18.7 Å². The Hall–Kier alpha value is -2.21. The van der Waals surface area contributed by atoms with E-state index in [0.29, 0.717) is 36.2 Å². The number of aromatic amines is 1. The predicted molar refractivity (Wildman–Crippen MR) is 81.7 cm³/mol. The lowest BCUT2D eigenvalue weighted by Crippen LogP contribution is -2.53. The average molecular weight is 316 g/mol. The Morgan fingerprint density at radius 3 is 2.91 bits per heavy atom. The van der Waals surface area contributed by atoms with Crippen LogP contribution in [0.1, 0.15) is 29.8 Å². The maximum Gasteiger partial charge on any atom is 0.270 e. The molecule has 1 aromatic heterocycles. The second-order valence-corrected chi connectivity index (χ2v) is 6.23. The van der Waals surface area contributed by atoms with Crippen molar-refractivity contribution in [1.82, 2.24) is 9.88 Å². The van der Waals surface area contributed by atoms with Crippen molar-refractivity contribution >= 4 is 22.6 Å². The average Bonchev–Trinajstić information content (AvgIpc) is 3.18. The van der Waals surface area contributed by atoms with Crippen molar-refractivity contribution in [2.75, 3.05) is 19.7 Å². The summed E-state index contributed by atoms with van der Waals surface area (Å²) in [7, 11) is 0. The molecule has 23 heavy (non-hydrogen) atoms. The molecule has 0 saturated carbocycles. The van der Waals surface area contributed by atoms with Gasteiger partial charge in [0.15, 0.2) is 5.78 Å². The number of likely N-dealkylation sites (tertiary alicyclic amines) is 1. The summed E-state index contributed by atoms with van der Waals surface area (Å²) >= 11 is 0. The van der Waals surface area contributed by atoms with Crippen LogP contribution in [0.15, 0.2) is 24.3 Å². The molecule has 4 rings (SSSR count). The van der Waals surface area contributed by atoms with Gasteiger partial charge in [0, 0.05) is 25.0 Å². The molecule has 0 radical (unpaired) electrons. The van der Waals surface area contributed by atoms with E-state index in [1.54, 1.807) is 18.2 Å². The number of aromatic nitrogens is 1. The number of carbonyl (C=O) groups is 2. The van der Waals surface area contributed by atoms with Gasteiger partial charge in [-0.05, 0) is 25.0 Å². The minimum Gasteiger partial charge on any atom is -0.367 e. The van der Waals surface area contributed by atoms with E-state index >= 15 is 0 Å². The van der Waals surface area contributed by atoms with E-state index in [4.69, 9.17) is 4.74 Å². The molecule has 2 aliphatic rings. The number of H-pyrrole nitrogens is 1. The van der Waals surface area contributed by atoms with Gasteiger partial charge in [-0.2, -0.15) is 0 Å². The lowest BCUT2D eigenvalue weighted by Gasteiger charge is -2.36. The Kier molecular flexibility index (Phi) is 3.23. The Balaban J connectivity index is 1.57. The molecule has 2 saturated heterocycles. The topological polar surface area (TPSA) is 62.4 Å². The van der Waals surface area contributed by atoms with Crippen LogP contribution in [0, 0.1) is 5.82 Å². The molecule has 0 aliphatic carbocycles. The molecule has 2 aromatic rings. The number of hydrogen-bond acceptors (Lipinski definition) is 3. The van der Waals surface area contributed by atoms with Gasteiger partial charge in [0.1, 0.15) is 17.1 Å². The molecular weight excluding hydrogens is 299 g/mol.